The number of ether oxygens (including phenoxy) is 2. The van der Waals surface area contributed by atoms with E-state index in [9.17, 15) is 0 Å². The summed E-state index contributed by atoms with van der Waals surface area (Å²) in [6.07, 6.45) is 1.98. The molecular formula is C14H21BrClNO2. The summed E-state index contributed by atoms with van der Waals surface area (Å²) < 4.78 is 11.6. The number of nitrogens with one attached hydrogen (secondary N) is 1. The van der Waals surface area contributed by atoms with Crippen molar-refractivity contribution in [3.8, 4) is 5.75 Å². The van der Waals surface area contributed by atoms with E-state index < -0.39 is 0 Å². The first kappa shape index (κ1) is 16.8. The fraction of sp³-hybridized carbons (Fsp3) is 0.571. The molecule has 0 spiro atoms. The summed E-state index contributed by atoms with van der Waals surface area (Å²) in [6, 6.07) is 3.91. The molecule has 0 amide bonds. The third-order valence-electron chi connectivity index (χ3n) is 2.59. The lowest BCUT2D eigenvalue weighted by atomic mass is 10.2. The minimum Gasteiger partial charge on any atom is -0.491 e. The van der Waals surface area contributed by atoms with Gasteiger partial charge in [0.25, 0.3) is 0 Å². The zero-order valence-electron chi connectivity index (χ0n) is 11.5. The molecule has 0 aromatic heterocycles. The van der Waals surface area contributed by atoms with E-state index in [-0.39, 0.29) is 0 Å². The first-order chi connectivity index (χ1) is 9.15. The van der Waals surface area contributed by atoms with Gasteiger partial charge in [-0.1, -0.05) is 11.6 Å². The van der Waals surface area contributed by atoms with Crippen molar-refractivity contribution in [3.05, 3.63) is 27.2 Å². The molecular weight excluding hydrogens is 330 g/mol. The summed E-state index contributed by atoms with van der Waals surface area (Å²) >= 11 is 9.62. The first-order valence-electron chi connectivity index (χ1n) is 6.43. The topological polar surface area (TPSA) is 30.5 Å². The highest BCUT2D eigenvalue weighted by Crippen LogP contribution is 2.34. The van der Waals surface area contributed by atoms with Gasteiger partial charge in [-0.15, -0.1) is 0 Å². The second kappa shape index (κ2) is 9.59. The predicted octanol–water partition coefficient (Wildman–Crippen LogP) is 3.81. The Labute approximate surface area is 128 Å². The van der Waals surface area contributed by atoms with E-state index in [1.807, 2.05) is 19.1 Å². The molecule has 1 rings (SSSR count). The number of halogens is 2. The Morgan fingerprint density at radius 2 is 1.89 bits per heavy atom. The van der Waals surface area contributed by atoms with Gasteiger partial charge in [-0.25, -0.2) is 0 Å². The third kappa shape index (κ3) is 6.61. The van der Waals surface area contributed by atoms with Crippen LogP contribution in [0.1, 0.15) is 18.4 Å². The van der Waals surface area contributed by atoms with Gasteiger partial charge in [-0.05, 0) is 66.5 Å². The van der Waals surface area contributed by atoms with E-state index >= 15 is 0 Å². The molecule has 0 atom stereocenters. The average molecular weight is 351 g/mol. The molecule has 0 saturated heterocycles. The molecule has 19 heavy (non-hydrogen) atoms. The van der Waals surface area contributed by atoms with Gasteiger partial charge in [0.15, 0.2) is 5.75 Å². The molecule has 1 N–H and O–H groups in total. The summed E-state index contributed by atoms with van der Waals surface area (Å²) in [5.74, 6) is 0.728. The Bertz CT molecular complexity index is 365. The van der Waals surface area contributed by atoms with Crippen molar-refractivity contribution in [2.45, 2.75) is 19.8 Å². The van der Waals surface area contributed by atoms with E-state index in [0.717, 1.165) is 48.3 Å². The maximum Gasteiger partial charge on any atom is 0.152 e. The largest absolute Gasteiger partial charge is 0.491 e. The van der Waals surface area contributed by atoms with Crippen molar-refractivity contribution >= 4 is 27.5 Å². The number of hydrogen-bond acceptors (Lipinski definition) is 3. The molecule has 0 unspecified atom stereocenters. The average Bonchev–Trinajstić information content (AvgIpc) is 2.35. The molecule has 0 aliphatic heterocycles. The molecule has 0 radical (unpaired) electrons. The van der Waals surface area contributed by atoms with Crippen LogP contribution < -0.4 is 10.1 Å². The zero-order valence-corrected chi connectivity index (χ0v) is 13.8. The van der Waals surface area contributed by atoms with Gasteiger partial charge in [0.05, 0.1) is 16.1 Å². The zero-order chi connectivity index (χ0) is 14.1. The molecule has 0 aliphatic rings. The number of hydrogen-bond donors (Lipinski definition) is 1. The summed E-state index contributed by atoms with van der Waals surface area (Å²) in [5, 5.41) is 3.99. The number of benzene rings is 1. The third-order valence-corrected chi connectivity index (χ3v) is 3.46. The van der Waals surface area contributed by atoms with Crippen molar-refractivity contribution in [2.75, 3.05) is 33.4 Å². The predicted molar refractivity (Wildman–Crippen MR) is 83.4 cm³/mol. The summed E-state index contributed by atoms with van der Waals surface area (Å²) in [6.45, 7) is 5.37. The fourth-order valence-electron chi connectivity index (χ4n) is 1.66. The van der Waals surface area contributed by atoms with Gasteiger partial charge < -0.3 is 14.8 Å². The second-order valence-electron chi connectivity index (χ2n) is 4.36. The molecule has 5 heteroatoms. The minimum atomic E-state index is 0.651. The molecule has 0 aliphatic carbocycles. The van der Waals surface area contributed by atoms with Crippen LogP contribution in [0.15, 0.2) is 16.6 Å². The van der Waals surface area contributed by atoms with Gasteiger partial charge in [0.2, 0.25) is 0 Å². The lowest BCUT2D eigenvalue weighted by Crippen LogP contribution is -2.19. The quantitative estimate of drug-likeness (QED) is 0.687. The fourth-order valence-corrected chi connectivity index (χ4v) is 2.79. The van der Waals surface area contributed by atoms with E-state index in [4.69, 9.17) is 21.1 Å². The van der Waals surface area contributed by atoms with Crippen LogP contribution in [0, 0.1) is 6.92 Å². The Hall–Kier alpha value is -0.290. The molecule has 108 valence electrons. The van der Waals surface area contributed by atoms with Crippen LogP contribution >= 0.6 is 27.5 Å². The molecule has 3 nitrogen and oxygen atoms in total. The van der Waals surface area contributed by atoms with Crippen molar-refractivity contribution in [1.29, 1.82) is 0 Å². The lowest BCUT2D eigenvalue weighted by Gasteiger charge is -2.11. The van der Waals surface area contributed by atoms with E-state index in [1.54, 1.807) is 7.11 Å². The van der Waals surface area contributed by atoms with Crippen LogP contribution in [0.25, 0.3) is 0 Å². The van der Waals surface area contributed by atoms with E-state index in [2.05, 4.69) is 21.2 Å². The molecule has 0 saturated carbocycles. The highest BCUT2D eigenvalue weighted by atomic mass is 79.9. The lowest BCUT2D eigenvalue weighted by molar-refractivity contribution is 0.194. The van der Waals surface area contributed by atoms with Crippen molar-refractivity contribution in [3.63, 3.8) is 0 Å². The van der Waals surface area contributed by atoms with Crippen LogP contribution in [0.3, 0.4) is 0 Å². The maximum atomic E-state index is 6.15. The van der Waals surface area contributed by atoms with Gasteiger partial charge in [-0.2, -0.15) is 0 Å². The number of aryl methyl sites for hydroxylation is 1. The molecule has 1 aromatic carbocycles. The monoisotopic (exact) mass is 349 g/mol. The Morgan fingerprint density at radius 3 is 2.53 bits per heavy atom. The highest BCUT2D eigenvalue weighted by Gasteiger charge is 2.07. The van der Waals surface area contributed by atoms with Crippen LogP contribution in [0.2, 0.25) is 5.02 Å². The van der Waals surface area contributed by atoms with Crippen molar-refractivity contribution in [2.24, 2.45) is 0 Å². The van der Waals surface area contributed by atoms with Crippen LogP contribution in [-0.4, -0.2) is 33.4 Å². The van der Waals surface area contributed by atoms with E-state index in [0.29, 0.717) is 11.6 Å². The van der Waals surface area contributed by atoms with Gasteiger partial charge in [0, 0.05) is 13.7 Å². The summed E-state index contributed by atoms with van der Waals surface area (Å²) in [7, 11) is 1.72. The normalized spacial score (nSPS) is 10.7. The smallest absolute Gasteiger partial charge is 0.152 e. The second-order valence-corrected chi connectivity index (χ2v) is 5.62. The number of rotatable bonds is 9. The summed E-state index contributed by atoms with van der Waals surface area (Å²) in [5.41, 5.74) is 1.11. The van der Waals surface area contributed by atoms with Crippen LogP contribution in [0.4, 0.5) is 0 Å². The highest BCUT2D eigenvalue weighted by molar-refractivity contribution is 9.10. The van der Waals surface area contributed by atoms with Crippen molar-refractivity contribution in [1.82, 2.24) is 5.32 Å². The number of methoxy groups -OCH3 is 1. The van der Waals surface area contributed by atoms with Crippen LogP contribution in [-0.2, 0) is 4.74 Å². The van der Waals surface area contributed by atoms with Gasteiger partial charge in [-0.3, -0.25) is 0 Å². The van der Waals surface area contributed by atoms with Crippen LogP contribution in [0.5, 0.6) is 5.75 Å². The minimum absolute atomic E-state index is 0.651. The van der Waals surface area contributed by atoms with Gasteiger partial charge >= 0.3 is 0 Å². The molecule has 1 aromatic rings. The molecule has 0 heterocycles. The maximum absolute atomic E-state index is 6.15. The van der Waals surface area contributed by atoms with Gasteiger partial charge in [0.1, 0.15) is 0 Å². The van der Waals surface area contributed by atoms with E-state index in [1.165, 1.54) is 0 Å². The Kier molecular flexibility index (Phi) is 8.46. The Balaban J connectivity index is 2.19. The Morgan fingerprint density at radius 1 is 1.21 bits per heavy atom. The standard InChI is InChI=1S/C14H21BrClNO2/c1-11-9-12(15)14(13(16)10-11)19-8-4-6-17-5-3-7-18-2/h9-10,17H,3-8H2,1-2H3. The summed E-state index contributed by atoms with van der Waals surface area (Å²) in [4.78, 5) is 0. The van der Waals surface area contributed by atoms with Crippen molar-refractivity contribution < 1.29 is 9.47 Å². The molecule has 0 bridgehead atoms. The SMILES string of the molecule is COCCCNCCCOc1c(Cl)cc(C)cc1Br. The molecule has 0 fully saturated rings. The first-order valence-corrected chi connectivity index (χ1v) is 7.60.